The number of aryl methyl sites for hydroxylation is 1. The van der Waals surface area contributed by atoms with Gasteiger partial charge in [-0.15, -0.1) is 0 Å². The van der Waals surface area contributed by atoms with Gasteiger partial charge in [-0.2, -0.15) is 8.78 Å². The molecule has 0 saturated heterocycles. The van der Waals surface area contributed by atoms with Crippen LogP contribution in [0.4, 0.5) is 20.2 Å². The van der Waals surface area contributed by atoms with Gasteiger partial charge in [0.1, 0.15) is 10.6 Å². The molecule has 0 spiro atoms. The van der Waals surface area contributed by atoms with E-state index in [9.17, 15) is 22.0 Å². The molecule has 144 valence electrons. The molecule has 1 N–H and O–H groups in total. The Morgan fingerprint density at radius 3 is 2.63 bits per heavy atom. The van der Waals surface area contributed by atoms with Crippen molar-refractivity contribution in [3.8, 4) is 5.75 Å². The highest BCUT2D eigenvalue weighted by molar-refractivity contribution is 7.92. The first-order valence-electron chi connectivity index (χ1n) is 8.32. The molecule has 0 fully saturated rings. The number of fused-ring (bicyclic) bond motifs is 1. The number of nitrogens with zero attached hydrogens (tertiary/aromatic N) is 1. The molecule has 1 amide bonds. The van der Waals surface area contributed by atoms with Crippen molar-refractivity contribution in [2.45, 2.75) is 31.3 Å². The van der Waals surface area contributed by atoms with Crippen molar-refractivity contribution in [2.24, 2.45) is 0 Å². The Labute approximate surface area is 155 Å². The Bertz CT molecular complexity index is 964. The monoisotopic (exact) mass is 396 g/mol. The van der Waals surface area contributed by atoms with E-state index in [2.05, 4.69) is 9.46 Å². The number of amides is 1. The molecular formula is C18H18F2N2O4S. The molecule has 0 bridgehead atoms. The van der Waals surface area contributed by atoms with Crippen LogP contribution in [0.3, 0.4) is 0 Å². The van der Waals surface area contributed by atoms with Crippen LogP contribution in [-0.2, 0) is 21.2 Å². The summed E-state index contributed by atoms with van der Waals surface area (Å²) >= 11 is 0. The highest BCUT2D eigenvalue weighted by Gasteiger charge is 2.25. The van der Waals surface area contributed by atoms with Gasteiger partial charge in [-0.05, 0) is 49.2 Å². The fourth-order valence-electron chi connectivity index (χ4n) is 3.05. The number of hydrogen-bond acceptors (Lipinski definition) is 4. The number of benzene rings is 2. The van der Waals surface area contributed by atoms with Gasteiger partial charge in [0.15, 0.2) is 0 Å². The molecule has 2 aromatic rings. The van der Waals surface area contributed by atoms with Gasteiger partial charge >= 0.3 is 6.61 Å². The molecule has 1 heterocycles. The first kappa shape index (κ1) is 19.1. The quantitative estimate of drug-likeness (QED) is 0.812. The minimum absolute atomic E-state index is 0.0244. The second kappa shape index (κ2) is 7.51. The number of hydrogen-bond donors (Lipinski definition) is 1. The molecule has 0 unspecified atom stereocenters. The van der Waals surface area contributed by atoms with E-state index >= 15 is 0 Å². The summed E-state index contributed by atoms with van der Waals surface area (Å²) in [5, 5.41) is 0. The number of carbonyl (C=O) groups is 1. The first-order valence-corrected chi connectivity index (χ1v) is 9.80. The smallest absolute Gasteiger partial charge is 0.387 e. The summed E-state index contributed by atoms with van der Waals surface area (Å²) in [4.78, 5) is 13.2. The zero-order valence-corrected chi connectivity index (χ0v) is 15.3. The number of carbonyl (C=O) groups excluding carboxylic acids is 1. The molecule has 0 saturated carbocycles. The number of anilines is 2. The van der Waals surface area contributed by atoms with Gasteiger partial charge in [0.2, 0.25) is 5.91 Å². The molecule has 1 aliphatic heterocycles. The Balaban J connectivity index is 1.91. The van der Waals surface area contributed by atoms with Crippen molar-refractivity contribution in [2.75, 3.05) is 16.2 Å². The third-order valence-corrected chi connectivity index (χ3v) is 5.62. The van der Waals surface area contributed by atoms with Gasteiger partial charge in [-0.25, -0.2) is 8.42 Å². The summed E-state index contributed by atoms with van der Waals surface area (Å²) in [7, 11) is -4.13. The van der Waals surface area contributed by atoms with Gasteiger partial charge in [0, 0.05) is 24.3 Å². The van der Waals surface area contributed by atoms with E-state index in [1.165, 1.54) is 24.3 Å². The van der Waals surface area contributed by atoms with E-state index in [-0.39, 0.29) is 16.5 Å². The maximum atomic E-state index is 12.6. The Morgan fingerprint density at radius 2 is 1.93 bits per heavy atom. The normalized spacial score (nSPS) is 14.2. The third-order valence-electron chi connectivity index (χ3n) is 4.20. The van der Waals surface area contributed by atoms with Crippen molar-refractivity contribution in [1.82, 2.24) is 0 Å². The van der Waals surface area contributed by atoms with Crippen LogP contribution in [-0.4, -0.2) is 27.5 Å². The Kier molecular flexibility index (Phi) is 5.31. The molecule has 1 aliphatic rings. The van der Waals surface area contributed by atoms with Gasteiger partial charge in [0.25, 0.3) is 10.0 Å². The second-order valence-electron chi connectivity index (χ2n) is 5.91. The summed E-state index contributed by atoms with van der Waals surface area (Å²) in [6.45, 7) is -0.749. The first-order chi connectivity index (χ1) is 12.8. The molecule has 6 nitrogen and oxygen atoms in total. The fraction of sp³-hybridized carbons (Fsp3) is 0.278. The fourth-order valence-corrected chi connectivity index (χ4v) is 4.23. The van der Waals surface area contributed by atoms with Crippen molar-refractivity contribution in [3.05, 3.63) is 48.0 Å². The van der Waals surface area contributed by atoms with Crippen LogP contribution in [0, 0.1) is 0 Å². The zero-order valence-electron chi connectivity index (χ0n) is 14.5. The molecule has 27 heavy (non-hydrogen) atoms. The molecule has 0 radical (unpaired) electrons. The van der Waals surface area contributed by atoms with Gasteiger partial charge in [0.05, 0.1) is 0 Å². The Morgan fingerprint density at radius 1 is 1.19 bits per heavy atom. The topological polar surface area (TPSA) is 75.7 Å². The van der Waals surface area contributed by atoms with E-state index in [1.54, 1.807) is 17.0 Å². The number of nitrogens with one attached hydrogen (secondary N) is 1. The lowest BCUT2D eigenvalue weighted by atomic mass is 10.0. The molecule has 0 aromatic heterocycles. The molecule has 0 aliphatic carbocycles. The van der Waals surface area contributed by atoms with Crippen molar-refractivity contribution in [1.29, 1.82) is 0 Å². The number of sulfonamides is 1. The third kappa shape index (κ3) is 4.02. The van der Waals surface area contributed by atoms with Crippen molar-refractivity contribution < 1.29 is 26.7 Å². The number of alkyl halides is 2. The average molecular weight is 396 g/mol. The van der Waals surface area contributed by atoms with Gasteiger partial charge in [-0.3, -0.25) is 9.52 Å². The van der Waals surface area contributed by atoms with E-state index < -0.39 is 22.4 Å². The van der Waals surface area contributed by atoms with Crippen LogP contribution in [0.25, 0.3) is 0 Å². The minimum atomic E-state index is -4.13. The summed E-state index contributed by atoms with van der Waals surface area (Å²) in [5.41, 5.74) is 1.87. The maximum absolute atomic E-state index is 12.6. The summed E-state index contributed by atoms with van der Waals surface area (Å²) in [5.74, 6) is -0.405. The largest absolute Gasteiger partial charge is 0.433 e. The van der Waals surface area contributed by atoms with E-state index in [1.807, 2.05) is 6.92 Å². The number of ether oxygens (including phenoxy) is 1. The van der Waals surface area contributed by atoms with Crippen LogP contribution < -0.4 is 14.4 Å². The zero-order chi connectivity index (χ0) is 19.6. The van der Waals surface area contributed by atoms with Crippen LogP contribution in [0.15, 0.2) is 47.4 Å². The molecular weight excluding hydrogens is 378 g/mol. The van der Waals surface area contributed by atoms with E-state index in [0.717, 1.165) is 17.3 Å². The standard InChI is InChI=1S/C18H18F2N2O4S/c1-2-22-14-9-8-13(11-12(14)7-10-17(22)23)21-27(24,25)16-6-4-3-5-15(16)26-18(19)20/h3-6,8-9,11,18,21H,2,7,10H2,1H3. The lowest BCUT2D eigenvalue weighted by Crippen LogP contribution is -2.34. The summed E-state index contributed by atoms with van der Waals surface area (Å²) in [6.07, 6.45) is 0.855. The summed E-state index contributed by atoms with van der Waals surface area (Å²) in [6, 6.07) is 10.0. The van der Waals surface area contributed by atoms with Crippen LogP contribution >= 0.6 is 0 Å². The highest BCUT2D eigenvalue weighted by atomic mass is 32.2. The number of rotatable bonds is 6. The van der Waals surface area contributed by atoms with E-state index in [0.29, 0.717) is 19.4 Å². The molecule has 0 atom stereocenters. The predicted molar refractivity (Wildman–Crippen MR) is 96.7 cm³/mol. The SMILES string of the molecule is CCN1C(=O)CCc2cc(NS(=O)(=O)c3ccccc3OC(F)F)ccc21. The van der Waals surface area contributed by atoms with Crippen molar-refractivity contribution >= 4 is 27.3 Å². The van der Waals surface area contributed by atoms with Crippen LogP contribution in [0.5, 0.6) is 5.75 Å². The Hall–Kier alpha value is -2.68. The lowest BCUT2D eigenvalue weighted by molar-refractivity contribution is -0.118. The summed E-state index contributed by atoms with van der Waals surface area (Å²) < 4.78 is 57.1. The van der Waals surface area contributed by atoms with Gasteiger partial charge < -0.3 is 9.64 Å². The van der Waals surface area contributed by atoms with Crippen LogP contribution in [0.2, 0.25) is 0 Å². The molecule has 9 heteroatoms. The minimum Gasteiger partial charge on any atom is -0.433 e. The molecule has 2 aromatic carbocycles. The lowest BCUT2D eigenvalue weighted by Gasteiger charge is -2.28. The van der Waals surface area contributed by atoms with Crippen molar-refractivity contribution in [3.63, 3.8) is 0 Å². The molecule has 3 rings (SSSR count). The number of halogens is 2. The van der Waals surface area contributed by atoms with Crippen LogP contribution in [0.1, 0.15) is 18.9 Å². The maximum Gasteiger partial charge on any atom is 0.387 e. The van der Waals surface area contributed by atoms with E-state index in [4.69, 9.17) is 0 Å². The number of para-hydroxylation sites is 1. The van der Waals surface area contributed by atoms with Gasteiger partial charge in [-0.1, -0.05) is 12.1 Å². The predicted octanol–water partition coefficient (Wildman–Crippen LogP) is 3.39. The average Bonchev–Trinajstić information content (AvgIpc) is 2.61. The highest BCUT2D eigenvalue weighted by Crippen LogP contribution is 2.32. The second-order valence-corrected chi connectivity index (χ2v) is 7.56.